The maximum atomic E-state index is 12.5. The third kappa shape index (κ3) is 2.67. The van der Waals surface area contributed by atoms with E-state index < -0.39 is 23.6 Å². The Kier molecular flexibility index (Phi) is 3.43. The van der Waals surface area contributed by atoms with Crippen LogP contribution in [0.5, 0.6) is 0 Å². The van der Waals surface area contributed by atoms with E-state index >= 15 is 0 Å². The lowest BCUT2D eigenvalue weighted by atomic mass is 10.0. The molecule has 0 aliphatic carbocycles. The zero-order chi connectivity index (χ0) is 14.2. The molecule has 1 fully saturated rings. The van der Waals surface area contributed by atoms with Crippen LogP contribution in [0.1, 0.15) is 18.9 Å². The number of aliphatic carboxylic acids is 1. The molecule has 0 bridgehead atoms. The van der Waals surface area contributed by atoms with Crippen LogP contribution in [0, 0.1) is 5.92 Å². The molecule has 6 heteroatoms. The van der Waals surface area contributed by atoms with E-state index in [-0.39, 0.29) is 6.04 Å². The van der Waals surface area contributed by atoms with Gasteiger partial charge in [0.2, 0.25) is 0 Å². The molecule has 19 heavy (non-hydrogen) atoms. The number of benzene rings is 1. The lowest BCUT2D eigenvalue weighted by Crippen LogP contribution is -2.32. The summed E-state index contributed by atoms with van der Waals surface area (Å²) in [7, 11) is 0. The van der Waals surface area contributed by atoms with Crippen molar-refractivity contribution in [3.8, 4) is 0 Å². The second kappa shape index (κ2) is 4.75. The van der Waals surface area contributed by atoms with Crippen molar-refractivity contribution in [3.05, 3.63) is 29.8 Å². The van der Waals surface area contributed by atoms with E-state index in [1.54, 1.807) is 6.92 Å². The quantitative estimate of drug-likeness (QED) is 0.900. The van der Waals surface area contributed by atoms with E-state index in [2.05, 4.69) is 0 Å². The molecule has 2 atom stereocenters. The van der Waals surface area contributed by atoms with E-state index in [1.807, 2.05) is 4.90 Å². The molecule has 1 aliphatic rings. The van der Waals surface area contributed by atoms with Gasteiger partial charge in [0.05, 0.1) is 11.5 Å². The van der Waals surface area contributed by atoms with Crippen LogP contribution in [0.15, 0.2) is 24.3 Å². The third-order valence-electron chi connectivity index (χ3n) is 3.60. The van der Waals surface area contributed by atoms with Crippen LogP contribution in [0.25, 0.3) is 0 Å². The number of hydrogen-bond donors (Lipinski definition) is 1. The second-order valence-electron chi connectivity index (χ2n) is 4.71. The summed E-state index contributed by atoms with van der Waals surface area (Å²) in [5, 5.41) is 9.02. The van der Waals surface area contributed by atoms with Crippen molar-refractivity contribution in [1.29, 1.82) is 0 Å². The van der Waals surface area contributed by atoms with E-state index in [0.717, 1.165) is 12.1 Å². The van der Waals surface area contributed by atoms with Gasteiger partial charge in [-0.2, -0.15) is 13.2 Å². The normalized spacial score (nSPS) is 23.7. The van der Waals surface area contributed by atoms with Gasteiger partial charge in [0.1, 0.15) is 0 Å². The molecule has 104 valence electrons. The number of hydrogen-bond acceptors (Lipinski definition) is 2. The number of carbonyl (C=O) groups is 1. The summed E-state index contributed by atoms with van der Waals surface area (Å²) in [4.78, 5) is 12.8. The predicted molar refractivity (Wildman–Crippen MR) is 64.0 cm³/mol. The van der Waals surface area contributed by atoms with E-state index in [9.17, 15) is 18.0 Å². The summed E-state index contributed by atoms with van der Waals surface area (Å²) in [6.07, 6.45) is -3.84. The van der Waals surface area contributed by atoms with Crippen molar-refractivity contribution >= 4 is 11.7 Å². The molecule has 3 nitrogen and oxygen atoms in total. The highest BCUT2D eigenvalue weighted by molar-refractivity contribution is 5.73. The minimum absolute atomic E-state index is 0.214. The summed E-state index contributed by atoms with van der Waals surface area (Å²) < 4.78 is 37.4. The molecule has 2 rings (SSSR count). The molecule has 1 heterocycles. The Morgan fingerprint density at radius 1 is 1.32 bits per heavy atom. The monoisotopic (exact) mass is 273 g/mol. The number of rotatable bonds is 2. The molecule has 2 unspecified atom stereocenters. The molecule has 1 N–H and O–H groups in total. The maximum absolute atomic E-state index is 12.5. The summed E-state index contributed by atoms with van der Waals surface area (Å²) in [5.74, 6) is -1.33. The van der Waals surface area contributed by atoms with Gasteiger partial charge in [0, 0.05) is 18.3 Å². The molecule has 1 aliphatic heterocycles. The minimum Gasteiger partial charge on any atom is -0.481 e. The fourth-order valence-corrected chi connectivity index (χ4v) is 2.48. The zero-order valence-corrected chi connectivity index (χ0v) is 10.3. The van der Waals surface area contributed by atoms with Gasteiger partial charge < -0.3 is 10.0 Å². The molecule has 0 radical (unpaired) electrons. The van der Waals surface area contributed by atoms with E-state index in [0.29, 0.717) is 18.7 Å². The van der Waals surface area contributed by atoms with Crippen LogP contribution < -0.4 is 4.90 Å². The molecule has 1 aromatic rings. The average molecular weight is 273 g/mol. The third-order valence-corrected chi connectivity index (χ3v) is 3.60. The van der Waals surface area contributed by atoms with Crippen LogP contribution in [0.4, 0.5) is 18.9 Å². The fraction of sp³-hybridized carbons (Fsp3) is 0.462. The first-order valence-corrected chi connectivity index (χ1v) is 5.97. The van der Waals surface area contributed by atoms with Crippen molar-refractivity contribution in [2.45, 2.75) is 25.6 Å². The number of alkyl halides is 3. The zero-order valence-electron chi connectivity index (χ0n) is 10.3. The average Bonchev–Trinajstić information content (AvgIpc) is 2.70. The SMILES string of the molecule is CC1C(C(=O)O)CCN1c1ccc(C(F)(F)F)cc1. The largest absolute Gasteiger partial charge is 0.481 e. The van der Waals surface area contributed by atoms with Gasteiger partial charge >= 0.3 is 12.1 Å². The number of carboxylic acid groups (broad SMARTS) is 1. The van der Waals surface area contributed by atoms with E-state index in [1.165, 1.54) is 12.1 Å². The predicted octanol–water partition coefficient (Wildman–Crippen LogP) is 3.00. The number of nitrogens with zero attached hydrogens (tertiary/aromatic N) is 1. The van der Waals surface area contributed by atoms with Gasteiger partial charge in [-0.3, -0.25) is 4.79 Å². The molecular formula is C13H14F3NO2. The number of halogens is 3. The first-order chi connectivity index (χ1) is 8.80. The van der Waals surface area contributed by atoms with Crippen molar-refractivity contribution < 1.29 is 23.1 Å². The Morgan fingerprint density at radius 3 is 2.32 bits per heavy atom. The Bertz CT molecular complexity index is 470. The van der Waals surface area contributed by atoms with Gasteiger partial charge in [-0.15, -0.1) is 0 Å². The highest BCUT2D eigenvalue weighted by atomic mass is 19.4. The smallest absolute Gasteiger partial charge is 0.416 e. The molecule has 0 saturated carbocycles. The summed E-state index contributed by atoms with van der Waals surface area (Å²) in [5.41, 5.74) is -0.0675. The van der Waals surface area contributed by atoms with Gasteiger partial charge in [-0.05, 0) is 37.6 Å². The molecule has 0 aromatic heterocycles. The summed E-state index contributed by atoms with van der Waals surface area (Å²) >= 11 is 0. The van der Waals surface area contributed by atoms with Crippen molar-refractivity contribution in [2.75, 3.05) is 11.4 Å². The molecule has 0 amide bonds. The van der Waals surface area contributed by atoms with Crippen LogP contribution >= 0.6 is 0 Å². The lowest BCUT2D eigenvalue weighted by molar-refractivity contribution is -0.141. The Hall–Kier alpha value is -1.72. The van der Waals surface area contributed by atoms with Crippen LogP contribution in [0.3, 0.4) is 0 Å². The van der Waals surface area contributed by atoms with Crippen molar-refractivity contribution in [1.82, 2.24) is 0 Å². The van der Waals surface area contributed by atoms with E-state index in [4.69, 9.17) is 5.11 Å². The first kappa shape index (κ1) is 13.7. The van der Waals surface area contributed by atoms with Crippen molar-refractivity contribution in [2.24, 2.45) is 5.92 Å². The highest BCUT2D eigenvalue weighted by Gasteiger charge is 2.36. The topological polar surface area (TPSA) is 40.5 Å². The van der Waals surface area contributed by atoms with Gasteiger partial charge in [-0.1, -0.05) is 0 Å². The lowest BCUT2D eigenvalue weighted by Gasteiger charge is -2.25. The molecule has 1 saturated heterocycles. The Balaban J connectivity index is 2.18. The summed E-state index contributed by atoms with van der Waals surface area (Å²) in [6, 6.07) is 4.62. The van der Waals surface area contributed by atoms with Crippen molar-refractivity contribution in [3.63, 3.8) is 0 Å². The molecular weight excluding hydrogens is 259 g/mol. The number of anilines is 1. The maximum Gasteiger partial charge on any atom is 0.416 e. The Morgan fingerprint density at radius 2 is 1.89 bits per heavy atom. The first-order valence-electron chi connectivity index (χ1n) is 5.97. The Labute approximate surface area is 108 Å². The molecule has 0 spiro atoms. The van der Waals surface area contributed by atoms with Crippen LogP contribution in [-0.2, 0) is 11.0 Å². The van der Waals surface area contributed by atoms with Crippen LogP contribution in [-0.4, -0.2) is 23.7 Å². The highest BCUT2D eigenvalue weighted by Crippen LogP contribution is 2.33. The fourth-order valence-electron chi connectivity index (χ4n) is 2.48. The minimum atomic E-state index is -4.35. The molecule has 1 aromatic carbocycles. The van der Waals surface area contributed by atoms with Gasteiger partial charge in [0.25, 0.3) is 0 Å². The van der Waals surface area contributed by atoms with Gasteiger partial charge in [-0.25, -0.2) is 0 Å². The van der Waals surface area contributed by atoms with Gasteiger partial charge in [0.15, 0.2) is 0 Å². The standard InChI is InChI=1S/C13H14F3NO2/c1-8-11(12(18)19)6-7-17(8)10-4-2-9(3-5-10)13(14,15)16/h2-5,8,11H,6-7H2,1H3,(H,18,19). The van der Waals surface area contributed by atoms with Crippen LogP contribution in [0.2, 0.25) is 0 Å². The number of carboxylic acids is 1. The second-order valence-corrected chi connectivity index (χ2v) is 4.71. The summed E-state index contributed by atoms with van der Waals surface area (Å²) in [6.45, 7) is 2.33.